The van der Waals surface area contributed by atoms with E-state index in [1.165, 1.54) is 71.2 Å². The van der Waals surface area contributed by atoms with E-state index in [0.29, 0.717) is 0 Å². The Morgan fingerprint density at radius 2 is 1.85 bits per heavy atom. The molecule has 3 nitrogen and oxygen atoms in total. The van der Waals surface area contributed by atoms with Gasteiger partial charge in [0.15, 0.2) is 0 Å². The topological polar surface area (TPSA) is 18.5 Å². The highest BCUT2D eigenvalue weighted by Crippen LogP contribution is 2.23. The fourth-order valence-electron chi connectivity index (χ4n) is 3.85. The summed E-state index contributed by atoms with van der Waals surface area (Å²) in [7, 11) is 2.27. The van der Waals surface area contributed by atoms with Gasteiger partial charge in [-0.05, 0) is 64.6 Å². The zero-order valence-electron chi connectivity index (χ0n) is 13.9. The van der Waals surface area contributed by atoms with Crippen LogP contribution in [0.4, 0.5) is 0 Å². The van der Waals surface area contributed by atoms with Crippen molar-refractivity contribution in [2.45, 2.75) is 64.5 Å². The molecular weight excluding hydrogens is 246 g/mol. The van der Waals surface area contributed by atoms with Crippen molar-refractivity contribution in [2.24, 2.45) is 5.92 Å². The fourth-order valence-corrected chi connectivity index (χ4v) is 3.85. The van der Waals surface area contributed by atoms with Gasteiger partial charge >= 0.3 is 0 Å². The van der Waals surface area contributed by atoms with Gasteiger partial charge in [0.25, 0.3) is 0 Å². The van der Waals surface area contributed by atoms with Crippen molar-refractivity contribution in [3.63, 3.8) is 0 Å². The van der Waals surface area contributed by atoms with Gasteiger partial charge in [0, 0.05) is 31.7 Å². The van der Waals surface area contributed by atoms with E-state index >= 15 is 0 Å². The molecule has 20 heavy (non-hydrogen) atoms. The van der Waals surface area contributed by atoms with E-state index in [1.54, 1.807) is 0 Å². The number of likely N-dealkylation sites (N-methyl/N-ethyl adjacent to an activating group) is 1. The average molecular weight is 281 g/mol. The first kappa shape index (κ1) is 16.3. The maximum atomic E-state index is 3.81. The van der Waals surface area contributed by atoms with E-state index in [4.69, 9.17) is 0 Å². The minimum Gasteiger partial charge on any atom is -0.313 e. The Bertz CT molecular complexity index is 261. The Kier molecular flexibility index (Phi) is 6.79. The molecule has 1 saturated carbocycles. The second kappa shape index (κ2) is 8.35. The summed E-state index contributed by atoms with van der Waals surface area (Å²) in [4.78, 5) is 5.23. The van der Waals surface area contributed by atoms with Gasteiger partial charge in [0.1, 0.15) is 0 Å². The lowest BCUT2D eigenvalue weighted by Crippen LogP contribution is -2.44. The lowest BCUT2D eigenvalue weighted by Gasteiger charge is -2.32. The smallest absolute Gasteiger partial charge is 0.0220 e. The second-order valence-corrected chi connectivity index (χ2v) is 7.12. The summed E-state index contributed by atoms with van der Waals surface area (Å²) in [5.74, 6) is 0.957. The lowest BCUT2D eigenvalue weighted by atomic mass is 9.87. The summed E-state index contributed by atoms with van der Waals surface area (Å²) in [6.45, 7) is 10.9. The van der Waals surface area contributed by atoms with Crippen LogP contribution in [0, 0.1) is 5.92 Å². The van der Waals surface area contributed by atoms with Crippen molar-refractivity contribution in [3.05, 3.63) is 0 Å². The van der Waals surface area contributed by atoms with E-state index in [1.807, 2.05) is 0 Å². The van der Waals surface area contributed by atoms with E-state index in [0.717, 1.165) is 18.0 Å². The number of hydrogen-bond donors (Lipinski definition) is 1. The van der Waals surface area contributed by atoms with Gasteiger partial charge < -0.3 is 10.2 Å². The summed E-state index contributed by atoms with van der Waals surface area (Å²) >= 11 is 0. The molecule has 3 heteroatoms. The van der Waals surface area contributed by atoms with Crippen LogP contribution in [0.25, 0.3) is 0 Å². The van der Waals surface area contributed by atoms with Gasteiger partial charge in [-0.25, -0.2) is 0 Å². The monoisotopic (exact) mass is 281 g/mol. The van der Waals surface area contributed by atoms with Crippen LogP contribution in [0.2, 0.25) is 0 Å². The highest BCUT2D eigenvalue weighted by Gasteiger charge is 2.22. The van der Waals surface area contributed by atoms with Gasteiger partial charge in [-0.15, -0.1) is 0 Å². The van der Waals surface area contributed by atoms with Gasteiger partial charge in [0.05, 0.1) is 0 Å². The molecule has 118 valence electrons. The van der Waals surface area contributed by atoms with Gasteiger partial charge in [-0.3, -0.25) is 4.90 Å². The maximum absolute atomic E-state index is 3.81. The standard InChI is InChI=1S/C17H35N3/c1-4-17-14-19(3)11-5-12-20(17)13-10-18-16-8-6-15(2)7-9-16/h15-18H,4-14H2,1-3H3. The van der Waals surface area contributed by atoms with Crippen LogP contribution in [0.3, 0.4) is 0 Å². The summed E-state index contributed by atoms with van der Waals surface area (Å²) < 4.78 is 0. The van der Waals surface area contributed by atoms with Crippen LogP contribution in [0.1, 0.15) is 52.4 Å². The molecule has 1 atom stereocenters. The highest BCUT2D eigenvalue weighted by molar-refractivity contribution is 4.80. The minimum atomic E-state index is 0.760. The van der Waals surface area contributed by atoms with Crippen LogP contribution in [-0.4, -0.2) is 61.7 Å². The molecule has 0 aromatic carbocycles. The fraction of sp³-hybridized carbons (Fsp3) is 1.00. The predicted octanol–water partition coefficient (Wildman–Crippen LogP) is 2.57. The first-order valence-corrected chi connectivity index (χ1v) is 8.85. The molecule has 1 aliphatic heterocycles. The predicted molar refractivity (Wildman–Crippen MR) is 87.2 cm³/mol. The number of nitrogens with zero attached hydrogens (tertiary/aromatic N) is 2. The maximum Gasteiger partial charge on any atom is 0.0220 e. The Hall–Kier alpha value is -0.120. The van der Waals surface area contributed by atoms with Crippen LogP contribution in [0.5, 0.6) is 0 Å². The first-order valence-electron chi connectivity index (χ1n) is 8.85. The first-order chi connectivity index (χ1) is 9.69. The molecule has 0 aromatic rings. The molecule has 0 spiro atoms. The number of rotatable bonds is 5. The average Bonchev–Trinajstić information content (AvgIpc) is 2.62. The molecule has 1 heterocycles. The van der Waals surface area contributed by atoms with Crippen molar-refractivity contribution < 1.29 is 0 Å². The zero-order chi connectivity index (χ0) is 14.4. The minimum absolute atomic E-state index is 0.760. The van der Waals surface area contributed by atoms with E-state index in [9.17, 15) is 0 Å². The summed E-state index contributed by atoms with van der Waals surface area (Å²) in [6, 6.07) is 1.55. The molecular formula is C17H35N3. The van der Waals surface area contributed by atoms with Crippen molar-refractivity contribution in [1.29, 1.82) is 0 Å². The molecule has 0 aromatic heterocycles. The van der Waals surface area contributed by atoms with Gasteiger partial charge in [0.2, 0.25) is 0 Å². The van der Waals surface area contributed by atoms with Crippen molar-refractivity contribution in [3.8, 4) is 0 Å². The SMILES string of the molecule is CCC1CN(C)CCCN1CCNC1CCC(C)CC1. The van der Waals surface area contributed by atoms with Crippen LogP contribution in [-0.2, 0) is 0 Å². The van der Waals surface area contributed by atoms with Crippen molar-refractivity contribution in [2.75, 3.05) is 39.8 Å². The molecule has 2 fully saturated rings. The summed E-state index contributed by atoms with van der Waals surface area (Å²) in [5, 5.41) is 3.81. The van der Waals surface area contributed by atoms with Crippen LogP contribution in [0.15, 0.2) is 0 Å². The molecule has 0 amide bonds. The van der Waals surface area contributed by atoms with Gasteiger partial charge in [-0.1, -0.05) is 13.8 Å². The molecule has 1 unspecified atom stereocenters. The third-order valence-corrected chi connectivity index (χ3v) is 5.34. The molecule has 1 N–H and O–H groups in total. The lowest BCUT2D eigenvalue weighted by molar-refractivity contribution is 0.179. The number of nitrogens with one attached hydrogen (secondary N) is 1. The number of hydrogen-bond acceptors (Lipinski definition) is 3. The Morgan fingerprint density at radius 1 is 1.10 bits per heavy atom. The molecule has 1 saturated heterocycles. The second-order valence-electron chi connectivity index (χ2n) is 7.12. The normalized spacial score (nSPS) is 34.0. The van der Waals surface area contributed by atoms with Gasteiger partial charge in [-0.2, -0.15) is 0 Å². The van der Waals surface area contributed by atoms with E-state index in [-0.39, 0.29) is 0 Å². The quantitative estimate of drug-likeness (QED) is 0.835. The third kappa shape index (κ3) is 5.01. The highest BCUT2D eigenvalue weighted by atomic mass is 15.2. The molecule has 0 radical (unpaired) electrons. The summed E-state index contributed by atoms with van der Waals surface area (Å²) in [5.41, 5.74) is 0. The van der Waals surface area contributed by atoms with Crippen LogP contribution < -0.4 is 5.32 Å². The molecule has 1 aliphatic carbocycles. The summed E-state index contributed by atoms with van der Waals surface area (Å²) in [6.07, 6.45) is 8.23. The van der Waals surface area contributed by atoms with E-state index < -0.39 is 0 Å². The van der Waals surface area contributed by atoms with Crippen molar-refractivity contribution in [1.82, 2.24) is 15.1 Å². The molecule has 0 bridgehead atoms. The Balaban J connectivity index is 1.69. The third-order valence-electron chi connectivity index (χ3n) is 5.34. The molecule has 2 aliphatic rings. The van der Waals surface area contributed by atoms with E-state index in [2.05, 4.69) is 36.0 Å². The Labute approximate surface area is 126 Å². The van der Waals surface area contributed by atoms with Crippen molar-refractivity contribution >= 4 is 0 Å². The van der Waals surface area contributed by atoms with Crippen LogP contribution >= 0.6 is 0 Å². The molecule has 2 rings (SSSR count). The largest absolute Gasteiger partial charge is 0.313 e. The Morgan fingerprint density at radius 3 is 2.55 bits per heavy atom. The zero-order valence-corrected chi connectivity index (χ0v) is 13.9.